The van der Waals surface area contributed by atoms with Gasteiger partial charge in [0, 0.05) is 24.5 Å². The molecule has 0 saturated carbocycles. The van der Waals surface area contributed by atoms with Gasteiger partial charge in [-0.05, 0) is 65.1 Å². The van der Waals surface area contributed by atoms with E-state index in [0.29, 0.717) is 22.6 Å². The van der Waals surface area contributed by atoms with Gasteiger partial charge in [0.15, 0.2) is 0 Å². The average Bonchev–Trinajstić information content (AvgIpc) is 3.13. The monoisotopic (exact) mass is 472 g/mol. The number of rotatable bonds is 7. The van der Waals surface area contributed by atoms with Crippen LogP contribution in [0, 0.1) is 0 Å². The van der Waals surface area contributed by atoms with E-state index in [0.717, 1.165) is 11.1 Å². The van der Waals surface area contributed by atoms with Crippen LogP contribution >= 0.6 is 0 Å². The first-order valence-electron chi connectivity index (χ1n) is 11.3. The quantitative estimate of drug-likeness (QED) is 0.301. The molecule has 35 heavy (non-hydrogen) atoms. The zero-order chi connectivity index (χ0) is 25.1. The molecule has 3 aromatic rings. The van der Waals surface area contributed by atoms with Crippen LogP contribution in [0.3, 0.4) is 0 Å². The minimum Gasteiger partial charge on any atom is -0.507 e. The molecule has 0 radical (unpaired) electrons. The minimum absolute atomic E-state index is 0.0453. The van der Waals surface area contributed by atoms with E-state index in [4.69, 9.17) is 9.47 Å². The number of aliphatic hydroxyl groups is 1. The van der Waals surface area contributed by atoms with E-state index in [1.54, 1.807) is 56.9 Å². The Labute approximate surface area is 204 Å². The summed E-state index contributed by atoms with van der Waals surface area (Å²) in [5, 5.41) is 11.4. The molecule has 180 valence electrons. The van der Waals surface area contributed by atoms with Crippen LogP contribution in [-0.2, 0) is 16.1 Å². The van der Waals surface area contributed by atoms with Gasteiger partial charge in [0.25, 0.3) is 11.7 Å². The fourth-order valence-corrected chi connectivity index (χ4v) is 4.39. The summed E-state index contributed by atoms with van der Waals surface area (Å²) in [6, 6.07) is 15.3. The molecule has 0 spiro atoms. The van der Waals surface area contributed by atoms with E-state index in [-0.39, 0.29) is 23.8 Å². The highest BCUT2D eigenvalue weighted by Crippen LogP contribution is 2.41. The van der Waals surface area contributed by atoms with Crippen LogP contribution in [0.4, 0.5) is 0 Å². The van der Waals surface area contributed by atoms with Crippen molar-refractivity contribution in [3.8, 4) is 11.5 Å². The van der Waals surface area contributed by atoms with Crippen LogP contribution in [-0.4, -0.2) is 40.9 Å². The first kappa shape index (κ1) is 24.0. The molecule has 4 rings (SSSR count). The minimum atomic E-state index is -0.770. The molecule has 1 saturated heterocycles. The number of Topliss-reactive ketones (excluding diaryl/α,β-unsaturated/α-hetero) is 1. The summed E-state index contributed by atoms with van der Waals surface area (Å²) in [5.74, 6) is -0.144. The number of pyridine rings is 1. The molecule has 1 N–H and O–H groups in total. The Bertz CT molecular complexity index is 1280. The number of carbonyl (C=O) groups is 2. The van der Waals surface area contributed by atoms with Gasteiger partial charge in [-0.25, -0.2) is 0 Å². The van der Waals surface area contributed by atoms with Crippen molar-refractivity contribution in [2.24, 2.45) is 0 Å². The second-order valence-electron chi connectivity index (χ2n) is 8.67. The van der Waals surface area contributed by atoms with Gasteiger partial charge >= 0.3 is 0 Å². The van der Waals surface area contributed by atoms with Crippen LogP contribution in [0.25, 0.3) is 5.76 Å². The van der Waals surface area contributed by atoms with Gasteiger partial charge in [-0.3, -0.25) is 14.6 Å². The second kappa shape index (κ2) is 10.0. The number of aliphatic hydroxyl groups excluding tert-OH is 1. The number of benzene rings is 2. The molecule has 7 heteroatoms. The molecule has 1 aliphatic heterocycles. The first-order chi connectivity index (χ1) is 16.8. The van der Waals surface area contributed by atoms with Crippen LogP contribution < -0.4 is 9.47 Å². The third-order valence-corrected chi connectivity index (χ3v) is 6.17. The molecule has 1 aromatic heterocycles. The van der Waals surface area contributed by atoms with Crippen molar-refractivity contribution >= 4 is 17.4 Å². The number of likely N-dealkylation sites (tertiary alicyclic amines) is 1. The molecular weight excluding hydrogens is 444 g/mol. The number of methoxy groups -OCH3 is 2. The summed E-state index contributed by atoms with van der Waals surface area (Å²) in [7, 11) is 3.16. The number of hydrogen-bond acceptors (Lipinski definition) is 6. The highest BCUT2D eigenvalue weighted by Gasteiger charge is 2.46. The lowest BCUT2D eigenvalue weighted by atomic mass is 9.93. The van der Waals surface area contributed by atoms with E-state index < -0.39 is 17.7 Å². The summed E-state index contributed by atoms with van der Waals surface area (Å²) >= 11 is 0. The average molecular weight is 473 g/mol. The number of aromatic nitrogens is 1. The summed E-state index contributed by atoms with van der Waals surface area (Å²) in [5.41, 5.74) is 2.87. The van der Waals surface area contributed by atoms with Gasteiger partial charge in [0.05, 0.1) is 25.8 Å². The Balaban J connectivity index is 1.85. The Morgan fingerprint density at radius 3 is 2.43 bits per heavy atom. The Kier molecular flexibility index (Phi) is 6.87. The molecule has 1 atom stereocenters. The van der Waals surface area contributed by atoms with Gasteiger partial charge in [-0.2, -0.15) is 0 Å². The van der Waals surface area contributed by atoms with Crippen LogP contribution in [0.2, 0.25) is 0 Å². The van der Waals surface area contributed by atoms with E-state index in [1.807, 2.05) is 38.1 Å². The fourth-order valence-electron chi connectivity index (χ4n) is 4.39. The summed E-state index contributed by atoms with van der Waals surface area (Å²) in [4.78, 5) is 32.1. The van der Waals surface area contributed by atoms with Gasteiger partial charge in [0.2, 0.25) is 0 Å². The lowest BCUT2D eigenvalue weighted by Crippen LogP contribution is -2.29. The summed E-state index contributed by atoms with van der Waals surface area (Å²) in [6.45, 7) is 4.21. The maximum atomic E-state index is 13.3. The van der Waals surface area contributed by atoms with Gasteiger partial charge in [-0.15, -0.1) is 0 Å². The van der Waals surface area contributed by atoms with Crippen LogP contribution in [0.15, 0.2) is 72.6 Å². The lowest BCUT2D eigenvalue weighted by Gasteiger charge is -2.25. The van der Waals surface area contributed by atoms with Gasteiger partial charge in [-0.1, -0.05) is 26.0 Å². The molecule has 1 aliphatic rings. The number of ketones is 1. The predicted octanol–water partition coefficient (Wildman–Crippen LogP) is 4.84. The van der Waals surface area contributed by atoms with Gasteiger partial charge in [0.1, 0.15) is 17.3 Å². The van der Waals surface area contributed by atoms with Crippen molar-refractivity contribution in [3.05, 3.63) is 94.8 Å². The number of carbonyl (C=O) groups excluding carboxylic acids is 2. The van der Waals surface area contributed by atoms with Crippen molar-refractivity contribution in [3.63, 3.8) is 0 Å². The topological polar surface area (TPSA) is 89.0 Å². The maximum Gasteiger partial charge on any atom is 0.295 e. The van der Waals surface area contributed by atoms with Crippen molar-refractivity contribution in [2.45, 2.75) is 32.4 Å². The fraction of sp³-hybridized carbons (Fsp3) is 0.250. The molecule has 2 aromatic carbocycles. The number of nitrogens with zero attached hydrogens (tertiary/aromatic N) is 2. The Morgan fingerprint density at radius 1 is 1.03 bits per heavy atom. The van der Waals surface area contributed by atoms with Crippen LogP contribution in [0.5, 0.6) is 11.5 Å². The molecule has 1 amide bonds. The SMILES string of the molecule is COc1cccc(CN2C(=O)C(=O)/C(=C(\O)c3ccc(OC)c(C(C)C)c3)C2c2ccncc2)c1. The van der Waals surface area contributed by atoms with Crippen molar-refractivity contribution in [1.82, 2.24) is 9.88 Å². The van der Waals surface area contributed by atoms with Crippen molar-refractivity contribution < 1.29 is 24.2 Å². The number of ether oxygens (including phenoxy) is 2. The predicted molar refractivity (Wildman–Crippen MR) is 132 cm³/mol. The van der Waals surface area contributed by atoms with Gasteiger partial charge < -0.3 is 19.5 Å². The van der Waals surface area contributed by atoms with E-state index in [9.17, 15) is 14.7 Å². The molecular formula is C28H28N2O5. The number of amides is 1. The highest BCUT2D eigenvalue weighted by molar-refractivity contribution is 6.46. The smallest absolute Gasteiger partial charge is 0.295 e. The molecule has 0 bridgehead atoms. The largest absolute Gasteiger partial charge is 0.507 e. The third-order valence-electron chi connectivity index (χ3n) is 6.17. The Hall–Kier alpha value is -4.13. The zero-order valence-electron chi connectivity index (χ0n) is 20.2. The maximum absolute atomic E-state index is 13.3. The summed E-state index contributed by atoms with van der Waals surface area (Å²) in [6.07, 6.45) is 3.20. The van der Waals surface area contributed by atoms with E-state index in [1.165, 1.54) is 4.90 Å². The second-order valence-corrected chi connectivity index (χ2v) is 8.67. The normalized spacial score (nSPS) is 17.2. The Morgan fingerprint density at radius 2 is 1.77 bits per heavy atom. The summed E-state index contributed by atoms with van der Waals surface area (Å²) < 4.78 is 10.8. The lowest BCUT2D eigenvalue weighted by molar-refractivity contribution is -0.140. The molecule has 0 aliphatic carbocycles. The number of hydrogen-bond donors (Lipinski definition) is 1. The third kappa shape index (κ3) is 4.62. The van der Waals surface area contributed by atoms with Crippen molar-refractivity contribution in [2.75, 3.05) is 14.2 Å². The zero-order valence-corrected chi connectivity index (χ0v) is 20.2. The van der Waals surface area contributed by atoms with E-state index >= 15 is 0 Å². The molecule has 7 nitrogen and oxygen atoms in total. The molecule has 1 fully saturated rings. The highest BCUT2D eigenvalue weighted by atomic mass is 16.5. The first-order valence-corrected chi connectivity index (χ1v) is 11.3. The van der Waals surface area contributed by atoms with Crippen molar-refractivity contribution in [1.29, 1.82) is 0 Å². The van der Waals surface area contributed by atoms with Crippen LogP contribution in [0.1, 0.15) is 48.1 Å². The molecule has 1 unspecified atom stereocenters. The van der Waals surface area contributed by atoms with E-state index in [2.05, 4.69) is 4.98 Å². The molecule has 2 heterocycles. The standard InChI is InChI=1S/C28H28N2O5/c1-17(2)22-15-20(8-9-23(22)35-4)26(31)24-25(19-10-12-29-13-11-19)30(28(33)27(24)32)16-18-6-5-7-21(14-18)34-3/h5-15,17,25,31H,16H2,1-4H3/b26-24-.